The lowest BCUT2D eigenvalue weighted by Crippen LogP contribution is -2.03. The Balaban J connectivity index is 1.76. The van der Waals surface area contributed by atoms with Gasteiger partial charge >= 0.3 is 6.18 Å². The monoisotopic (exact) mass is 408 g/mol. The molecule has 0 atom stereocenters. The summed E-state index contributed by atoms with van der Waals surface area (Å²) in [6, 6.07) is 13.3. The van der Waals surface area contributed by atoms with Crippen molar-refractivity contribution in [3.63, 3.8) is 0 Å². The van der Waals surface area contributed by atoms with Gasteiger partial charge in [-0.2, -0.15) is 18.2 Å². The summed E-state index contributed by atoms with van der Waals surface area (Å²) >= 11 is 1.87. The molecule has 27 heavy (non-hydrogen) atoms. The molecule has 9 heteroatoms. The summed E-state index contributed by atoms with van der Waals surface area (Å²) in [6.45, 7) is -0.102. The van der Waals surface area contributed by atoms with Gasteiger partial charge in [-0.15, -0.1) is 22.7 Å². The van der Waals surface area contributed by atoms with Gasteiger partial charge in [0.2, 0.25) is 5.82 Å². The Kier molecular flexibility index (Phi) is 4.58. The van der Waals surface area contributed by atoms with Gasteiger partial charge in [-0.3, -0.25) is 0 Å². The highest BCUT2D eigenvalue weighted by atomic mass is 32.1. The quantitative estimate of drug-likeness (QED) is 0.470. The van der Waals surface area contributed by atoms with Crippen LogP contribution in [0.1, 0.15) is 9.75 Å². The number of hydrogen-bond donors (Lipinski definition) is 1. The van der Waals surface area contributed by atoms with Crippen LogP contribution in [0.3, 0.4) is 0 Å². The number of aliphatic hydroxyl groups excluding tert-OH is 1. The fourth-order valence-corrected chi connectivity index (χ4v) is 4.31. The maximum atomic E-state index is 13.5. The minimum absolute atomic E-state index is 0.0293. The van der Waals surface area contributed by atoms with E-state index in [1.54, 1.807) is 42.5 Å². The summed E-state index contributed by atoms with van der Waals surface area (Å²) in [5, 5.41) is 13.0. The van der Waals surface area contributed by atoms with Crippen molar-refractivity contribution >= 4 is 22.7 Å². The minimum atomic E-state index is -4.49. The molecule has 0 saturated carbocycles. The third kappa shape index (κ3) is 3.53. The molecule has 4 nitrogen and oxygen atoms in total. The van der Waals surface area contributed by atoms with Gasteiger partial charge in [0.1, 0.15) is 4.88 Å². The summed E-state index contributed by atoms with van der Waals surface area (Å²) in [6.07, 6.45) is -4.49. The maximum absolute atomic E-state index is 13.5. The molecule has 0 bridgehead atoms. The molecule has 3 aromatic heterocycles. The third-order valence-corrected chi connectivity index (χ3v) is 5.98. The van der Waals surface area contributed by atoms with Crippen molar-refractivity contribution in [2.75, 3.05) is 0 Å². The van der Waals surface area contributed by atoms with Crippen molar-refractivity contribution in [2.45, 2.75) is 12.8 Å². The standard InChI is InChI=1S/C18H11F3N2O2S2/c19-18(20,21)15-12(10-4-2-1-3-5-10)8-14(27-15)17-22-16(23-25-17)13-7-6-11(9-24)26-13/h1-8,24H,9H2. The molecule has 138 valence electrons. The van der Waals surface area contributed by atoms with E-state index in [1.165, 1.54) is 17.4 Å². The van der Waals surface area contributed by atoms with Crippen LogP contribution in [-0.4, -0.2) is 15.2 Å². The van der Waals surface area contributed by atoms with Gasteiger partial charge < -0.3 is 9.63 Å². The Morgan fingerprint density at radius 1 is 1.00 bits per heavy atom. The predicted molar refractivity (Wildman–Crippen MR) is 97.3 cm³/mol. The number of aliphatic hydroxyl groups is 1. The molecular formula is C18H11F3N2O2S2. The van der Waals surface area contributed by atoms with Gasteiger partial charge in [-0.05, 0) is 23.8 Å². The van der Waals surface area contributed by atoms with Crippen LogP contribution in [0.15, 0.2) is 53.1 Å². The highest BCUT2D eigenvalue weighted by Crippen LogP contribution is 2.45. The normalized spacial score (nSPS) is 11.9. The largest absolute Gasteiger partial charge is 0.426 e. The Morgan fingerprint density at radius 3 is 2.44 bits per heavy atom. The molecule has 0 aliphatic rings. The Morgan fingerprint density at radius 2 is 1.78 bits per heavy atom. The number of thiophene rings is 2. The number of halogens is 3. The second kappa shape index (κ2) is 6.91. The van der Waals surface area contributed by atoms with E-state index in [9.17, 15) is 13.2 Å². The van der Waals surface area contributed by atoms with Crippen LogP contribution in [0.25, 0.3) is 32.6 Å². The summed E-state index contributed by atoms with van der Waals surface area (Å²) in [5.41, 5.74) is 0.555. The molecule has 3 heterocycles. The number of aromatic nitrogens is 2. The molecule has 0 radical (unpaired) electrons. The first-order valence-electron chi connectivity index (χ1n) is 7.76. The molecule has 4 aromatic rings. The zero-order chi connectivity index (χ0) is 19.0. The zero-order valence-electron chi connectivity index (χ0n) is 13.5. The van der Waals surface area contributed by atoms with E-state index in [1.807, 2.05) is 0 Å². The van der Waals surface area contributed by atoms with Gasteiger partial charge in [0.15, 0.2) is 0 Å². The van der Waals surface area contributed by atoms with Crippen LogP contribution in [-0.2, 0) is 12.8 Å². The molecule has 1 N–H and O–H groups in total. The van der Waals surface area contributed by atoms with Gasteiger partial charge in [0.25, 0.3) is 5.89 Å². The molecule has 0 aliphatic heterocycles. The van der Waals surface area contributed by atoms with Gasteiger partial charge in [0.05, 0.1) is 16.4 Å². The zero-order valence-corrected chi connectivity index (χ0v) is 15.2. The molecular weight excluding hydrogens is 397 g/mol. The smallest absolute Gasteiger partial charge is 0.391 e. The number of nitrogens with zero attached hydrogens (tertiary/aromatic N) is 2. The van der Waals surface area contributed by atoms with Crippen molar-refractivity contribution in [1.29, 1.82) is 0 Å². The average Bonchev–Trinajstić information content (AvgIpc) is 3.38. The van der Waals surface area contributed by atoms with E-state index < -0.39 is 11.1 Å². The second-order valence-electron chi connectivity index (χ2n) is 5.56. The first-order valence-corrected chi connectivity index (χ1v) is 9.39. The van der Waals surface area contributed by atoms with Crippen molar-refractivity contribution in [3.05, 3.63) is 58.3 Å². The third-order valence-electron chi connectivity index (χ3n) is 3.75. The number of benzene rings is 1. The molecule has 0 unspecified atom stereocenters. The van der Waals surface area contributed by atoms with Crippen LogP contribution in [0, 0.1) is 0 Å². The van der Waals surface area contributed by atoms with E-state index in [0.29, 0.717) is 21.8 Å². The van der Waals surface area contributed by atoms with Crippen molar-refractivity contribution < 1.29 is 22.8 Å². The van der Waals surface area contributed by atoms with Crippen molar-refractivity contribution in [2.24, 2.45) is 0 Å². The number of alkyl halides is 3. The fourth-order valence-electron chi connectivity index (χ4n) is 2.55. The van der Waals surface area contributed by atoms with Crippen molar-refractivity contribution in [3.8, 4) is 32.6 Å². The van der Waals surface area contributed by atoms with Crippen LogP contribution in [0.2, 0.25) is 0 Å². The first kappa shape index (κ1) is 17.9. The van der Waals surface area contributed by atoms with Crippen LogP contribution in [0.4, 0.5) is 13.2 Å². The average molecular weight is 408 g/mol. The Labute approximate surface area is 159 Å². The lowest BCUT2D eigenvalue weighted by molar-refractivity contribution is -0.133. The van der Waals surface area contributed by atoms with Gasteiger partial charge in [-0.1, -0.05) is 35.5 Å². The summed E-state index contributed by atoms with van der Waals surface area (Å²) in [7, 11) is 0. The van der Waals surface area contributed by atoms with Crippen molar-refractivity contribution in [1.82, 2.24) is 10.1 Å². The van der Waals surface area contributed by atoms with E-state index in [4.69, 9.17) is 9.63 Å². The van der Waals surface area contributed by atoms with E-state index in [2.05, 4.69) is 10.1 Å². The lowest BCUT2D eigenvalue weighted by Gasteiger charge is -2.07. The van der Waals surface area contributed by atoms with Gasteiger partial charge in [-0.25, -0.2) is 0 Å². The molecule has 0 aliphatic carbocycles. The summed E-state index contributed by atoms with van der Waals surface area (Å²) in [4.78, 5) is 5.17. The fraction of sp³-hybridized carbons (Fsp3) is 0.111. The van der Waals surface area contributed by atoms with Gasteiger partial charge in [0, 0.05) is 10.4 Å². The molecule has 0 saturated heterocycles. The minimum Gasteiger partial charge on any atom is -0.391 e. The predicted octanol–water partition coefficient (Wildman–Crippen LogP) is 5.70. The summed E-state index contributed by atoms with van der Waals surface area (Å²) in [5.74, 6) is 0.305. The SMILES string of the molecule is OCc1ccc(-c2noc(-c3cc(-c4ccccc4)c(C(F)(F)F)s3)n2)s1. The lowest BCUT2D eigenvalue weighted by atomic mass is 10.1. The maximum Gasteiger partial charge on any atom is 0.426 e. The molecule has 0 amide bonds. The second-order valence-corrected chi connectivity index (χ2v) is 7.78. The molecule has 0 spiro atoms. The Bertz CT molecular complexity index is 1070. The van der Waals surface area contributed by atoms with E-state index in [0.717, 1.165) is 4.88 Å². The summed E-state index contributed by atoms with van der Waals surface area (Å²) < 4.78 is 45.7. The first-order chi connectivity index (χ1) is 13.0. The number of rotatable bonds is 4. The van der Waals surface area contributed by atoms with Crippen LogP contribution >= 0.6 is 22.7 Å². The topological polar surface area (TPSA) is 59.2 Å². The van der Waals surface area contributed by atoms with E-state index in [-0.39, 0.29) is 28.8 Å². The Hall–Kier alpha value is -2.49. The van der Waals surface area contributed by atoms with Crippen LogP contribution < -0.4 is 0 Å². The number of hydrogen-bond acceptors (Lipinski definition) is 6. The highest BCUT2D eigenvalue weighted by molar-refractivity contribution is 7.16. The molecule has 0 fully saturated rings. The molecule has 4 rings (SSSR count). The highest BCUT2D eigenvalue weighted by Gasteiger charge is 2.37. The van der Waals surface area contributed by atoms with E-state index >= 15 is 0 Å². The van der Waals surface area contributed by atoms with Crippen LogP contribution in [0.5, 0.6) is 0 Å². The molecule has 1 aromatic carbocycles.